The van der Waals surface area contributed by atoms with Crippen LogP contribution >= 0.6 is 11.6 Å². The average Bonchev–Trinajstić information content (AvgIpc) is 2.78. The molecule has 1 N–H and O–H groups in total. The highest BCUT2D eigenvalue weighted by molar-refractivity contribution is 6.31. The van der Waals surface area contributed by atoms with Crippen molar-refractivity contribution >= 4 is 34.1 Å². The largest absolute Gasteiger partial charge is 0.354 e. The maximum absolute atomic E-state index is 6.09. The van der Waals surface area contributed by atoms with Gasteiger partial charge in [0, 0.05) is 10.7 Å². The predicted molar refractivity (Wildman–Crippen MR) is 73.5 cm³/mol. The quantitative estimate of drug-likeness (QED) is 0.734. The van der Waals surface area contributed by atoms with E-state index in [4.69, 9.17) is 16.1 Å². The summed E-state index contributed by atoms with van der Waals surface area (Å²) in [6.07, 6.45) is 0. The zero-order valence-electron chi connectivity index (χ0n) is 9.77. The Balaban J connectivity index is 1.98. The molecule has 3 nitrogen and oxygen atoms in total. The lowest BCUT2D eigenvalue weighted by molar-refractivity contribution is 0.460. The first-order valence-electron chi connectivity index (χ1n) is 5.61. The van der Waals surface area contributed by atoms with Gasteiger partial charge in [-0.05, 0) is 36.8 Å². The molecular weight excluding hydrogens is 248 g/mol. The molecule has 18 heavy (non-hydrogen) atoms. The molecule has 0 amide bonds. The minimum absolute atomic E-state index is 0.700. The third-order valence-electron chi connectivity index (χ3n) is 2.81. The van der Waals surface area contributed by atoms with Gasteiger partial charge in [0.25, 0.3) is 0 Å². The van der Waals surface area contributed by atoms with Crippen molar-refractivity contribution < 1.29 is 4.52 Å². The van der Waals surface area contributed by atoms with Gasteiger partial charge < -0.3 is 9.84 Å². The molecule has 0 aliphatic heterocycles. The summed E-state index contributed by atoms with van der Waals surface area (Å²) in [5, 5.41) is 8.90. The Hall–Kier alpha value is -2.00. The van der Waals surface area contributed by atoms with Crippen molar-refractivity contribution in [2.45, 2.75) is 6.92 Å². The Kier molecular flexibility index (Phi) is 2.68. The molecule has 4 heteroatoms. The highest BCUT2D eigenvalue weighted by Gasteiger charge is 2.07. The van der Waals surface area contributed by atoms with Gasteiger partial charge >= 0.3 is 0 Å². The van der Waals surface area contributed by atoms with Gasteiger partial charge in [-0.1, -0.05) is 35.0 Å². The molecule has 0 spiro atoms. The molecule has 0 aliphatic carbocycles. The summed E-state index contributed by atoms with van der Waals surface area (Å²) < 4.78 is 5.23. The number of rotatable bonds is 2. The van der Waals surface area contributed by atoms with Gasteiger partial charge in [-0.25, -0.2) is 0 Å². The Morgan fingerprint density at radius 2 is 2.00 bits per heavy atom. The van der Waals surface area contributed by atoms with Gasteiger partial charge in [-0.2, -0.15) is 0 Å². The van der Waals surface area contributed by atoms with Crippen molar-refractivity contribution in [1.29, 1.82) is 0 Å². The van der Waals surface area contributed by atoms with Crippen LogP contribution in [0.5, 0.6) is 0 Å². The topological polar surface area (TPSA) is 38.1 Å². The van der Waals surface area contributed by atoms with Gasteiger partial charge in [0.2, 0.25) is 0 Å². The highest BCUT2D eigenvalue weighted by Crippen LogP contribution is 2.27. The van der Waals surface area contributed by atoms with Crippen molar-refractivity contribution in [3.8, 4) is 0 Å². The van der Waals surface area contributed by atoms with Gasteiger partial charge in [-0.15, -0.1) is 0 Å². The number of nitrogens with zero attached hydrogens (tertiary/aromatic N) is 1. The number of aryl methyl sites for hydroxylation is 1. The van der Waals surface area contributed by atoms with Crippen LogP contribution in [0.15, 0.2) is 47.0 Å². The molecule has 90 valence electrons. The molecule has 1 aromatic heterocycles. The number of halogens is 1. The first kappa shape index (κ1) is 11.1. The van der Waals surface area contributed by atoms with E-state index in [-0.39, 0.29) is 0 Å². The van der Waals surface area contributed by atoms with Crippen LogP contribution in [0.4, 0.5) is 11.5 Å². The van der Waals surface area contributed by atoms with E-state index >= 15 is 0 Å². The highest BCUT2D eigenvalue weighted by atomic mass is 35.5. The molecule has 0 saturated heterocycles. The molecule has 0 saturated carbocycles. The zero-order valence-corrected chi connectivity index (χ0v) is 10.5. The second kappa shape index (κ2) is 4.35. The number of benzene rings is 2. The van der Waals surface area contributed by atoms with Gasteiger partial charge in [0.1, 0.15) is 0 Å². The molecule has 0 bridgehead atoms. The molecule has 0 radical (unpaired) electrons. The molecule has 0 aliphatic rings. The second-order valence-corrected chi connectivity index (χ2v) is 4.52. The third kappa shape index (κ3) is 1.93. The average molecular weight is 259 g/mol. The van der Waals surface area contributed by atoms with E-state index in [1.807, 2.05) is 49.4 Å². The number of aromatic nitrogens is 1. The van der Waals surface area contributed by atoms with Gasteiger partial charge in [0.05, 0.1) is 5.39 Å². The van der Waals surface area contributed by atoms with Crippen LogP contribution in [0.1, 0.15) is 5.56 Å². The number of para-hydroxylation sites is 1. The third-order valence-corrected chi connectivity index (χ3v) is 3.22. The Labute approximate surface area is 109 Å². The number of hydrogen-bond acceptors (Lipinski definition) is 3. The van der Waals surface area contributed by atoms with Crippen molar-refractivity contribution in [1.82, 2.24) is 5.16 Å². The monoisotopic (exact) mass is 258 g/mol. The molecule has 2 aromatic carbocycles. The van der Waals surface area contributed by atoms with Crippen LogP contribution in [-0.4, -0.2) is 5.16 Å². The van der Waals surface area contributed by atoms with E-state index in [1.165, 1.54) is 0 Å². The van der Waals surface area contributed by atoms with E-state index in [9.17, 15) is 0 Å². The van der Waals surface area contributed by atoms with Crippen LogP contribution < -0.4 is 5.32 Å². The van der Waals surface area contributed by atoms with Crippen LogP contribution in [-0.2, 0) is 0 Å². The lowest BCUT2D eigenvalue weighted by Crippen LogP contribution is -1.91. The van der Waals surface area contributed by atoms with Crippen LogP contribution in [0.3, 0.4) is 0 Å². The van der Waals surface area contributed by atoms with Gasteiger partial charge in [-0.3, -0.25) is 0 Å². The first-order chi connectivity index (χ1) is 8.74. The lowest BCUT2D eigenvalue weighted by Gasteiger charge is -2.04. The lowest BCUT2D eigenvalue weighted by atomic mass is 10.2. The summed E-state index contributed by atoms with van der Waals surface area (Å²) in [6.45, 7) is 1.97. The fourth-order valence-corrected chi connectivity index (χ4v) is 1.96. The Morgan fingerprint density at radius 3 is 2.83 bits per heavy atom. The fourth-order valence-electron chi connectivity index (χ4n) is 1.78. The van der Waals surface area contributed by atoms with E-state index in [0.29, 0.717) is 5.82 Å². The van der Waals surface area contributed by atoms with Crippen molar-refractivity contribution in [3.05, 3.63) is 53.1 Å². The summed E-state index contributed by atoms with van der Waals surface area (Å²) >= 11 is 6.09. The van der Waals surface area contributed by atoms with Crippen molar-refractivity contribution in [2.24, 2.45) is 0 Å². The summed E-state index contributed by atoms with van der Waals surface area (Å²) in [7, 11) is 0. The Morgan fingerprint density at radius 1 is 1.17 bits per heavy atom. The maximum atomic E-state index is 6.09. The van der Waals surface area contributed by atoms with Crippen LogP contribution in [0.25, 0.3) is 11.0 Å². The molecule has 0 unspecified atom stereocenters. The molecule has 0 fully saturated rings. The van der Waals surface area contributed by atoms with Gasteiger partial charge in [0.15, 0.2) is 11.4 Å². The summed E-state index contributed by atoms with van der Waals surface area (Å²) in [4.78, 5) is 0. The zero-order chi connectivity index (χ0) is 12.5. The first-order valence-corrected chi connectivity index (χ1v) is 5.99. The molecule has 3 aromatic rings. The normalized spacial score (nSPS) is 10.8. The molecule has 3 rings (SSSR count). The SMILES string of the molecule is Cc1ccc(Nc2noc3ccccc23)cc1Cl. The standard InChI is InChI=1S/C14H11ClN2O/c1-9-6-7-10(8-12(9)15)16-14-11-4-2-3-5-13(11)18-17-14/h2-8H,1H3,(H,16,17). The Bertz CT molecular complexity index is 706. The number of nitrogens with one attached hydrogen (secondary N) is 1. The van der Waals surface area contributed by atoms with Crippen LogP contribution in [0.2, 0.25) is 5.02 Å². The van der Waals surface area contributed by atoms with Crippen LogP contribution in [0, 0.1) is 6.92 Å². The molecule has 1 heterocycles. The molecular formula is C14H11ClN2O. The summed E-state index contributed by atoms with van der Waals surface area (Å²) in [6, 6.07) is 13.5. The van der Waals surface area contributed by atoms with Crippen molar-refractivity contribution in [3.63, 3.8) is 0 Å². The maximum Gasteiger partial charge on any atom is 0.181 e. The number of anilines is 2. The minimum atomic E-state index is 0.700. The minimum Gasteiger partial charge on any atom is -0.354 e. The smallest absolute Gasteiger partial charge is 0.181 e. The number of hydrogen-bond donors (Lipinski definition) is 1. The second-order valence-electron chi connectivity index (χ2n) is 4.12. The van der Waals surface area contributed by atoms with Crippen molar-refractivity contribution in [2.75, 3.05) is 5.32 Å². The van der Waals surface area contributed by atoms with E-state index in [2.05, 4.69) is 10.5 Å². The van der Waals surface area contributed by atoms with E-state index in [1.54, 1.807) is 0 Å². The fraction of sp³-hybridized carbons (Fsp3) is 0.0714. The molecule has 0 atom stereocenters. The summed E-state index contributed by atoms with van der Waals surface area (Å²) in [5.74, 6) is 0.700. The number of fused-ring (bicyclic) bond motifs is 1. The summed E-state index contributed by atoms with van der Waals surface area (Å²) in [5.41, 5.74) is 2.70. The predicted octanol–water partition coefficient (Wildman–Crippen LogP) is 4.53. The van der Waals surface area contributed by atoms with E-state index in [0.717, 1.165) is 27.2 Å². The van der Waals surface area contributed by atoms with E-state index < -0.39 is 0 Å².